The van der Waals surface area contributed by atoms with Crippen LogP contribution >= 0.6 is 0 Å². The zero-order valence-corrected chi connectivity index (χ0v) is 27.2. The molecule has 0 aliphatic carbocycles. The van der Waals surface area contributed by atoms with Crippen LogP contribution in [-0.4, -0.2) is 43.2 Å². The van der Waals surface area contributed by atoms with Gasteiger partial charge < -0.3 is 14.8 Å². The van der Waals surface area contributed by atoms with E-state index in [1.807, 2.05) is 61.5 Å². The van der Waals surface area contributed by atoms with E-state index in [4.69, 9.17) is 9.57 Å². The van der Waals surface area contributed by atoms with Crippen LogP contribution in [0.15, 0.2) is 60.7 Å². The Labute approximate surface area is 276 Å². The number of nitrogens with zero attached hydrogens (tertiary/aromatic N) is 1. The maximum absolute atomic E-state index is 14.1. The Balaban J connectivity index is 1.22. The van der Waals surface area contributed by atoms with Crippen LogP contribution in [0.25, 0.3) is 11.1 Å². The number of hydroxylamine groups is 2. The summed E-state index contributed by atoms with van der Waals surface area (Å²) in [6.07, 6.45) is -8.99. The number of carbonyl (C=O) groups is 1. The summed E-state index contributed by atoms with van der Waals surface area (Å²) < 4.78 is 95.2. The van der Waals surface area contributed by atoms with Crippen molar-refractivity contribution in [2.75, 3.05) is 19.8 Å². The first kappa shape index (κ1) is 35.5. The van der Waals surface area contributed by atoms with E-state index < -0.39 is 35.7 Å². The van der Waals surface area contributed by atoms with Crippen molar-refractivity contribution in [2.24, 2.45) is 0 Å². The van der Waals surface area contributed by atoms with Gasteiger partial charge in [-0.15, -0.1) is 0 Å². The molecule has 6 nitrogen and oxygen atoms in total. The number of hydrogen-bond donors (Lipinski definition) is 1. The summed E-state index contributed by atoms with van der Waals surface area (Å²) >= 11 is 0. The highest BCUT2D eigenvalue weighted by Gasteiger charge is 2.76. The maximum Gasteiger partial charge on any atom is 0.430 e. The third kappa shape index (κ3) is 6.74. The second-order valence-electron chi connectivity index (χ2n) is 12.5. The molecule has 5 rings (SSSR count). The number of amides is 2. The summed E-state index contributed by atoms with van der Waals surface area (Å²) in [5, 5.41) is 4.29. The van der Waals surface area contributed by atoms with Crippen LogP contribution in [0.3, 0.4) is 0 Å². The number of benzene rings is 3. The molecule has 0 bridgehead atoms. The fraction of sp³-hybridized carbons (Fsp3) is 0.472. The van der Waals surface area contributed by atoms with Gasteiger partial charge in [-0.25, -0.2) is 9.86 Å². The Morgan fingerprint density at radius 3 is 2.15 bits per heavy atom. The quantitative estimate of drug-likeness (QED) is 0.153. The van der Waals surface area contributed by atoms with Crippen molar-refractivity contribution < 1.29 is 45.4 Å². The highest BCUT2D eigenvalue weighted by Crippen LogP contribution is 2.58. The minimum Gasteiger partial charge on any atom is -0.493 e. The minimum absolute atomic E-state index is 0.113. The first-order chi connectivity index (χ1) is 22.8. The van der Waals surface area contributed by atoms with E-state index in [-0.39, 0.29) is 49.8 Å². The fourth-order valence-corrected chi connectivity index (χ4v) is 6.45. The molecule has 1 saturated heterocycles. The van der Waals surface area contributed by atoms with E-state index in [1.54, 1.807) is 13.8 Å². The van der Waals surface area contributed by atoms with Crippen molar-refractivity contribution in [2.45, 2.75) is 89.4 Å². The highest BCUT2D eigenvalue weighted by molar-refractivity contribution is 5.75. The number of hydrogen-bond acceptors (Lipinski definition) is 4. The number of nitrogens with one attached hydrogen (secondary N) is 1. The first-order valence-electron chi connectivity index (χ1n) is 16.2. The molecule has 2 aliphatic heterocycles. The number of carbonyl (C=O) groups excluding carboxylic acids is 1. The fourth-order valence-electron chi connectivity index (χ4n) is 6.45. The van der Waals surface area contributed by atoms with Crippen molar-refractivity contribution in [3.8, 4) is 16.9 Å². The number of unbranched alkanes of at least 4 members (excludes halogenated alkanes) is 1. The van der Waals surface area contributed by atoms with E-state index in [2.05, 4.69) is 10.1 Å². The zero-order valence-electron chi connectivity index (χ0n) is 27.2. The average molecular weight is 679 g/mol. The van der Waals surface area contributed by atoms with Gasteiger partial charge in [0.05, 0.1) is 25.3 Å². The molecule has 1 fully saturated rings. The normalized spacial score (nSPS) is 19.3. The van der Waals surface area contributed by atoms with E-state index >= 15 is 0 Å². The monoisotopic (exact) mass is 678 g/mol. The summed E-state index contributed by atoms with van der Waals surface area (Å²) in [4.78, 5) is 18.8. The smallest absolute Gasteiger partial charge is 0.430 e. The largest absolute Gasteiger partial charge is 0.493 e. The third-order valence-corrected chi connectivity index (χ3v) is 8.95. The van der Waals surface area contributed by atoms with Crippen LogP contribution in [0.4, 0.5) is 31.1 Å². The summed E-state index contributed by atoms with van der Waals surface area (Å²) in [7, 11) is 0. The van der Waals surface area contributed by atoms with Crippen molar-refractivity contribution in [3.05, 3.63) is 88.5 Å². The summed E-state index contributed by atoms with van der Waals surface area (Å²) in [6.45, 7) is 5.30. The van der Waals surface area contributed by atoms with E-state index in [0.29, 0.717) is 37.0 Å². The topological polar surface area (TPSA) is 60.0 Å². The van der Waals surface area contributed by atoms with Gasteiger partial charge in [-0.2, -0.15) is 26.3 Å². The lowest BCUT2D eigenvalue weighted by Crippen LogP contribution is -2.58. The number of urea groups is 1. The van der Waals surface area contributed by atoms with Crippen LogP contribution in [0.1, 0.15) is 74.3 Å². The molecule has 1 atom stereocenters. The van der Waals surface area contributed by atoms with Crippen molar-refractivity contribution >= 4 is 6.03 Å². The molecule has 2 aliphatic rings. The van der Waals surface area contributed by atoms with Gasteiger partial charge in [-0.05, 0) is 66.5 Å². The molecule has 1 unspecified atom stereocenters. The Kier molecular flexibility index (Phi) is 10.4. The van der Waals surface area contributed by atoms with Gasteiger partial charge in [0.25, 0.3) is 5.60 Å². The van der Waals surface area contributed by atoms with Gasteiger partial charge in [0.1, 0.15) is 12.4 Å². The van der Waals surface area contributed by atoms with Gasteiger partial charge in [0, 0.05) is 11.1 Å². The zero-order chi connectivity index (χ0) is 34.7. The predicted molar refractivity (Wildman–Crippen MR) is 168 cm³/mol. The van der Waals surface area contributed by atoms with Crippen molar-refractivity contribution in [1.29, 1.82) is 0 Å². The van der Waals surface area contributed by atoms with Crippen LogP contribution in [0.2, 0.25) is 0 Å². The Bertz CT molecular complexity index is 1560. The molecule has 12 heteroatoms. The van der Waals surface area contributed by atoms with Gasteiger partial charge in [0.2, 0.25) is 0 Å². The standard InChI is InChI=1S/C36H40F6N2O4/c1-4-11-26-21-30-29(22-47-34(30,35(37,38)39)36(40,41)42)28(12-5-2)31(26)46-20-10-9-19-44-32(45)43-33(3,23-48-44)27-17-15-25(16-18-27)24-13-7-6-8-14-24/h6-8,13-18,21H,4-5,9-12,19-20,22-23H2,1-3H3,(H,43,45). The number of fused-ring (bicyclic) bond motifs is 1. The lowest BCUT2D eigenvalue weighted by molar-refractivity contribution is -0.385. The summed E-state index contributed by atoms with van der Waals surface area (Å²) in [5.74, 6) is 0.321. The highest BCUT2D eigenvalue weighted by atomic mass is 19.4. The summed E-state index contributed by atoms with van der Waals surface area (Å²) in [6, 6.07) is 18.5. The number of alkyl halides is 6. The third-order valence-electron chi connectivity index (χ3n) is 8.95. The number of aryl methyl sites for hydroxylation is 1. The molecular weight excluding hydrogens is 638 g/mol. The molecule has 2 amide bonds. The first-order valence-corrected chi connectivity index (χ1v) is 16.2. The van der Waals surface area contributed by atoms with Gasteiger partial charge in [-0.3, -0.25) is 4.84 Å². The van der Waals surface area contributed by atoms with Crippen molar-refractivity contribution in [1.82, 2.24) is 10.4 Å². The Morgan fingerprint density at radius 1 is 0.896 bits per heavy atom. The van der Waals surface area contributed by atoms with Crippen molar-refractivity contribution in [3.63, 3.8) is 0 Å². The number of halogens is 6. The Hall–Kier alpha value is -3.77. The van der Waals surface area contributed by atoms with Gasteiger partial charge >= 0.3 is 18.4 Å². The lowest BCUT2D eigenvalue weighted by atomic mass is 9.84. The van der Waals surface area contributed by atoms with Gasteiger partial charge in [-0.1, -0.05) is 81.3 Å². The van der Waals surface area contributed by atoms with Crippen LogP contribution < -0.4 is 10.1 Å². The molecule has 1 N–H and O–H groups in total. The van der Waals surface area contributed by atoms with E-state index in [0.717, 1.165) is 22.8 Å². The molecule has 0 aromatic heterocycles. The van der Waals surface area contributed by atoms with E-state index in [9.17, 15) is 31.1 Å². The molecule has 0 saturated carbocycles. The van der Waals surface area contributed by atoms with Crippen LogP contribution in [0, 0.1) is 0 Å². The van der Waals surface area contributed by atoms with E-state index in [1.165, 1.54) is 5.06 Å². The molecule has 48 heavy (non-hydrogen) atoms. The molecule has 2 heterocycles. The molecule has 0 spiro atoms. The SMILES string of the molecule is CCCc1cc2c(c(CCC)c1OCCCCN1OCC(C)(c3ccc(-c4ccccc4)cc3)NC1=O)COC2(C(F)(F)F)C(F)(F)F. The van der Waals surface area contributed by atoms with Crippen LogP contribution in [-0.2, 0) is 40.2 Å². The second kappa shape index (κ2) is 14.0. The predicted octanol–water partition coefficient (Wildman–Crippen LogP) is 9.14. The Morgan fingerprint density at radius 2 is 1.54 bits per heavy atom. The van der Waals surface area contributed by atoms with Crippen LogP contribution in [0.5, 0.6) is 5.75 Å². The van der Waals surface area contributed by atoms with Gasteiger partial charge in [0.15, 0.2) is 0 Å². The molecular formula is C36H40F6N2O4. The molecule has 3 aromatic rings. The molecule has 0 radical (unpaired) electrons. The molecule has 3 aromatic carbocycles. The maximum atomic E-state index is 14.1. The second-order valence-corrected chi connectivity index (χ2v) is 12.5. The summed E-state index contributed by atoms with van der Waals surface area (Å²) in [5.41, 5.74) is -2.46. The molecule has 260 valence electrons. The minimum atomic E-state index is -5.70. The average Bonchev–Trinajstić information content (AvgIpc) is 3.45. The number of ether oxygens (including phenoxy) is 2. The lowest BCUT2D eigenvalue weighted by Gasteiger charge is -2.39. The number of rotatable bonds is 12.